The molecule has 6 heteroatoms. The van der Waals surface area contributed by atoms with Gasteiger partial charge in [0.25, 0.3) is 0 Å². The van der Waals surface area contributed by atoms with Gasteiger partial charge >= 0.3 is 0 Å². The molecule has 0 amide bonds. The van der Waals surface area contributed by atoms with E-state index in [1.165, 1.54) is 20.2 Å². The van der Waals surface area contributed by atoms with Crippen molar-refractivity contribution in [3.05, 3.63) is 126 Å². The predicted molar refractivity (Wildman–Crippen MR) is 175 cm³/mol. The molecule has 9 rings (SSSR count). The molecule has 198 valence electrons. The fourth-order valence-electron chi connectivity index (χ4n) is 6.50. The molecule has 0 aliphatic heterocycles. The highest BCUT2D eigenvalue weighted by Crippen LogP contribution is 2.41. The molecule has 0 spiro atoms. The number of pyridine rings is 1. The minimum atomic E-state index is 0.631. The number of aromatic nitrogens is 3. The van der Waals surface area contributed by atoms with Gasteiger partial charge in [0.2, 0.25) is 0 Å². The molecule has 4 heterocycles. The minimum absolute atomic E-state index is 0.631. The second kappa shape index (κ2) is 8.77. The number of hydrogen-bond acceptors (Lipinski definition) is 4. The second-order valence-corrected chi connectivity index (χ2v) is 11.8. The van der Waals surface area contributed by atoms with Crippen molar-refractivity contribution in [2.45, 2.75) is 0 Å². The van der Waals surface area contributed by atoms with Gasteiger partial charge < -0.3 is 0 Å². The van der Waals surface area contributed by atoms with E-state index in [0.29, 0.717) is 11.1 Å². The molecule has 0 radical (unpaired) electrons. The molecule has 0 saturated carbocycles. The molecule has 9 aromatic rings. The number of benzene rings is 5. The molecule has 5 nitrogen and oxygen atoms in total. The summed E-state index contributed by atoms with van der Waals surface area (Å²) >= 11 is 1.79. The molecular weight excluding hydrogens is 547 g/mol. The van der Waals surface area contributed by atoms with Crippen LogP contribution in [0, 0.1) is 22.7 Å². The number of nitrogens with zero attached hydrogens (tertiary/aromatic N) is 5. The van der Waals surface area contributed by atoms with Gasteiger partial charge in [-0.15, -0.1) is 11.3 Å². The Morgan fingerprint density at radius 2 is 1.05 bits per heavy atom. The lowest BCUT2D eigenvalue weighted by molar-refractivity contribution is 1.01. The normalized spacial score (nSPS) is 11.7. The van der Waals surface area contributed by atoms with Crippen molar-refractivity contribution in [1.29, 1.82) is 10.5 Å². The predicted octanol–water partition coefficient (Wildman–Crippen LogP) is 9.39. The SMILES string of the molecule is N#Cc1ccc2c(c1)c1ccccc1n2-c1cccc(-n2c3ccc(C#N)cc3c3cc4sc5ccccc5c4cc32)n1. The summed E-state index contributed by atoms with van der Waals surface area (Å²) in [6.07, 6.45) is 0. The van der Waals surface area contributed by atoms with Crippen LogP contribution in [0.5, 0.6) is 0 Å². The van der Waals surface area contributed by atoms with Crippen molar-refractivity contribution in [3.8, 4) is 23.8 Å². The Morgan fingerprint density at radius 1 is 0.465 bits per heavy atom. The van der Waals surface area contributed by atoms with Crippen LogP contribution in [0.3, 0.4) is 0 Å². The second-order valence-electron chi connectivity index (χ2n) is 10.7. The molecule has 0 aliphatic rings. The molecule has 0 aliphatic carbocycles. The molecule has 43 heavy (non-hydrogen) atoms. The van der Waals surface area contributed by atoms with Gasteiger partial charge in [-0.25, -0.2) is 4.98 Å². The summed E-state index contributed by atoms with van der Waals surface area (Å²) < 4.78 is 6.85. The molecule has 5 aromatic carbocycles. The Labute approximate surface area is 249 Å². The largest absolute Gasteiger partial charge is 0.294 e. The van der Waals surface area contributed by atoms with Gasteiger partial charge in [0, 0.05) is 41.7 Å². The smallest absolute Gasteiger partial charge is 0.140 e. The van der Waals surface area contributed by atoms with Gasteiger partial charge in [-0.1, -0.05) is 42.5 Å². The highest BCUT2D eigenvalue weighted by molar-refractivity contribution is 7.25. The maximum absolute atomic E-state index is 9.72. The lowest BCUT2D eigenvalue weighted by Gasteiger charge is -2.11. The Hall–Kier alpha value is -5.95. The summed E-state index contributed by atoms with van der Waals surface area (Å²) in [6.45, 7) is 0. The highest BCUT2D eigenvalue weighted by Gasteiger charge is 2.19. The van der Waals surface area contributed by atoms with Gasteiger partial charge in [-0.05, 0) is 72.8 Å². The van der Waals surface area contributed by atoms with Crippen molar-refractivity contribution in [2.24, 2.45) is 0 Å². The maximum Gasteiger partial charge on any atom is 0.140 e. The van der Waals surface area contributed by atoms with E-state index in [4.69, 9.17) is 4.98 Å². The van der Waals surface area contributed by atoms with Crippen LogP contribution in [0.4, 0.5) is 0 Å². The van der Waals surface area contributed by atoms with Crippen LogP contribution in [0.15, 0.2) is 115 Å². The quantitative estimate of drug-likeness (QED) is 0.210. The van der Waals surface area contributed by atoms with E-state index in [0.717, 1.165) is 55.2 Å². The van der Waals surface area contributed by atoms with E-state index < -0.39 is 0 Å². The van der Waals surface area contributed by atoms with Crippen molar-refractivity contribution in [2.75, 3.05) is 0 Å². The zero-order valence-corrected chi connectivity index (χ0v) is 23.4. The van der Waals surface area contributed by atoms with E-state index in [2.05, 4.69) is 69.8 Å². The van der Waals surface area contributed by atoms with Gasteiger partial charge in [0.05, 0.1) is 45.3 Å². The van der Waals surface area contributed by atoms with Crippen LogP contribution in [-0.4, -0.2) is 14.1 Å². The summed E-state index contributed by atoms with van der Waals surface area (Å²) in [5.74, 6) is 1.58. The summed E-state index contributed by atoms with van der Waals surface area (Å²) in [5, 5.41) is 26.0. The first kappa shape index (κ1) is 23.7. The molecule has 0 unspecified atom stereocenters. The maximum atomic E-state index is 9.72. The zero-order valence-electron chi connectivity index (χ0n) is 22.6. The lowest BCUT2D eigenvalue weighted by atomic mass is 10.1. The van der Waals surface area contributed by atoms with Gasteiger partial charge in [-0.2, -0.15) is 10.5 Å². The monoisotopic (exact) mass is 565 g/mol. The summed E-state index contributed by atoms with van der Waals surface area (Å²) in [4.78, 5) is 5.27. The molecule has 0 saturated heterocycles. The Balaban J connectivity index is 1.36. The third kappa shape index (κ3) is 3.33. The Kier molecular flexibility index (Phi) is 4.84. The van der Waals surface area contributed by atoms with Crippen LogP contribution >= 0.6 is 11.3 Å². The fraction of sp³-hybridized carbons (Fsp3) is 0. The van der Waals surface area contributed by atoms with Crippen LogP contribution in [0.1, 0.15) is 11.1 Å². The van der Waals surface area contributed by atoms with Crippen LogP contribution in [0.25, 0.3) is 75.4 Å². The Bertz CT molecular complexity index is 2710. The van der Waals surface area contributed by atoms with Crippen molar-refractivity contribution in [1.82, 2.24) is 14.1 Å². The zero-order chi connectivity index (χ0) is 28.7. The first-order valence-corrected chi connectivity index (χ1v) is 14.7. The molecule has 0 N–H and O–H groups in total. The molecule has 0 atom stereocenters. The molecule has 0 fully saturated rings. The van der Waals surface area contributed by atoms with E-state index >= 15 is 0 Å². The van der Waals surface area contributed by atoms with E-state index in [-0.39, 0.29) is 0 Å². The number of fused-ring (bicyclic) bond motifs is 9. The number of para-hydroxylation sites is 1. The van der Waals surface area contributed by atoms with Crippen molar-refractivity contribution >= 4 is 75.1 Å². The molecular formula is C37H19N5S. The average Bonchev–Trinajstić information content (AvgIpc) is 3.70. The van der Waals surface area contributed by atoms with Gasteiger partial charge in [-0.3, -0.25) is 9.13 Å². The third-order valence-electron chi connectivity index (χ3n) is 8.37. The van der Waals surface area contributed by atoms with E-state index in [1.54, 1.807) is 11.3 Å². The standard InChI is InChI=1S/C37H19N5S/c38-20-22-12-14-31-26(16-22)24-6-1-3-8-30(24)41(31)36-10-5-11-37(40-36)42-32-15-13-23(21-39)17-27(32)28-19-35-29(18-33(28)42)25-7-2-4-9-34(25)43-35/h1-19H. The number of nitriles is 2. The molecule has 4 aromatic heterocycles. The van der Waals surface area contributed by atoms with Crippen LogP contribution < -0.4 is 0 Å². The van der Waals surface area contributed by atoms with Crippen molar-refractivity contribution in [3.63, 3.8) is 0 Å². The number of rotatable bonds is 2. The van der Waals surface area contributed by atoms with Gasteiger partial charge in [0.15, 0.2) is 0 Å². The first-order chi connectivity index (χ1) is 21.2. The summed E-state index contributed by atoms with van der Waals surface area (Å²) in [5.41, 5.74) is 5.34. The topological polar surface area (TPSA) is 70.3 Å². The molecule has 0 bridgehead atoms. The average molecular weight is 566 g/mol. The fourth-order valence-corrected chi connectivity index (χ4v) is 7.63. The minimum Gasteiger partial charge on any atom is -0.294 e. The van der Waals surface area contributed by atoms with Gasteiger partial charge in [0.1, 0.15) is 11.6 Å². The lowest BCUT2D eigenvalue weighted by Crippen LogP contribution is -2.03. The summed E-state index contributed by atoms with van der Waals surface area (Å²) in [6, 6.07) is 43.7. The third-order valence-corrected chi connectivity index (χ3v) is 9.51. The highest BCUT2D eigenvalue weighted by atomic mass is 32.1. The first-order valence-electron chi connectivity index (χ1n) is 13.9. The van der Waals surface area contributed by atoms with Crippen LogP contribution in [0.2, 0.25) is 0 Å². The summed E-state index contributed by atoms with van der Waals surface area (Å²) in [7, 11) is 0. The Morgan fingerprint density at radius 3 is 1.77 bits per heavy atom. The van der Waals surface area contributed by atoms with Crippen molar-refractivity contribution < 1.29 is 0 Å². The van der Waals surface area contributed by atoms with Crippen LogP contribution in [-0.2, 0) is 0 Å². The van der Waals surface area contributed by atoms with E-state index in [1.807, 2.05) is 66.7 Å². The number of thiophene rings is 1. The number of hydrogen-bond donors (Lipinski definition) is 0. The van der Waals surface area contributed by atoms with E-state index in [9.17, 15) is 10.5 Å².